The van der Waals surface area contributed by atoms with Crippen LogP contribution in [0.3, 0.4) is 0 Å². The van der Waals surface area contributed by atoms with Crippen LogP contribution in [0, 0.1) is 22.6 Å². The predicted molar refractivity (Wildman–Crippen MR) is 141 cm³/mol. The normalized spacial score (nSPS) is 15.6. The second-order valence-electron chi connectivity index (χ2n) is 10.0. The van der Waals surface area contributed by atoms with Crippen LogP contribution in [0.25, 0.3) is 10.9 Å². The maximum Gasteiger partial charge on any atom is 0.123 e. The number of anilines is 2. The van der Waals surface area contributed by atoms with E-state index in [1.54, 1.807) is 23.0 Å². The quantitative estimate of drug-likeness (QED) is 0.269. The van der Waals surface area contributed by atoms with Gasteiger partial charge in [-0.05, 0) is 42.7 Å². The average molecular weight is 521 g/mol. The smallest absolute Gasteiger partial charge is 0.123 e. The van der Waals surface area contributed by atoms with Crippen molar-refractivity contribution >= 4 is 33.9 Å². The summed E-state index contributed by atoms with van der Waals surface area (Å²) in [5.74, 6) is -0.414. The summed E-state index contributed by atoms with van der Waals surface area (Å²) in [5.41, 5.74) is 2.18. The molecule has 0 unspecified atom stereocenters. The first-order valence-electron chi connectivity index (χ1n) is 12.5. The van der Waals surface area contributed by atoms with E-state index in [2.05, 4.69) is 32.0 Å². The fourth-order valence-electron chi connectivity index (χ4n) is 3.94. The zero-order valence-corrected chi connectivity index (χ0v) is 21.2. The highest BCUT2D eigenvalue weighted by molar-refractivity contribution is 6.35. The first kappa shape index (κ1) is 23.6. The molecule has 1 aliphatic rings. The van der Waals surface area contributed by atoms with E-state index in [0.717, 1.165) is 12.8 Å². The monoisotopic (exact) mass is 520 g/mol. The molecule has 0 saturated heterocycles. The SMILES string of the molecule is [2H][C@@](Nc1cc(Cl)c2ncc(C#N)c(NCC(C)(C)CO)c2c1)(c1ccc(F)cc1)c1cn(C2CC2)nn1. The molecule has 5 rings (SSSR count). The van der Waals surface area contributed by atoms with E-state index in [4.69, 9.17) is 11.6 Å². The minimum atomic E-state index is -1.62. The van der Waals surface area contributed by atoms with Crippen molar-refractivity contribution < 1.29 is 10.9 Å². The number of aliphatic hydroxyl groups excluding tert-OH is 1. The molecule has 3 N–H and O–H groups in total. The summed E-state index contributed by atoms with van der Waals surface area (Å²) in [5, 5.41) is 35.4. The molecule has 0 spiro atoms. The molecule has 2 heterocycles. The van der Waals surface area contributed by atoms with Gasteiger partial charge >= 0.3 is 0 Å². The van der Waals surface area contributed by atoms with Gasteiger partial charge in [-0.15, -0.1) is 5.10 Å². The second kappa shape index (κ2) is 9.96. The van der Waals surface area contributed by atoms with Gasteiger partial charge in [-0.2, -0.15) is 5.26 Å². The van der Waals surface area contributed by atoms with Crippen LogP contribution in [0.2, 0.25) is 5.02 Å². The van der Waals surface area contributed by atoms with Crippen molar-refractivity contribution in [1.82, 2.24) is 20.0 Å². The fourth-order valence-corrected chi connectivity index (χ4v) is 4.21. The Hall–Kier alpha value is -3.74. The summed E-state index contributed by atoms with van der Waals surface area (Å²) < 4.78 is 25.0. The molecule has 190 valence electrons. The highest BCUT2D eigenvalue weighted by Gasteiger charge is 2.27. The summed E-state index contributed by atoms with van der Waals surface area (Å²) in [6, 6.07) is 9.90. The lowest BCUT2D eigenvalue weighted by atomic mass is 9.94. The van der Waals surface area contributed by atoms with Crippen LogP contribution >= 0.6 is 11.6 Å². The number of benzene rings is 2. The summed E-state index contributed by atoms with van der Waals surface area (Å²) in [6.07, 6.45) is 5.21. The third kappa shape index (κ3) is 5.36. The number of aromatic nitrogens is 4. The Labute approximate surface area is 220 Å². The van der Waals surface area contributed by atoms with Crippen LogP contribution in [0.5, 0.6) is 0 Å². The van der Waals surface area contributed by atoms with Crippen molar-refractivity contribution in [2.75, 3.05) is 23.8 Å². The van der Waals surface area contributed by atoms with Gasteiger partial charge in [-0.25, -0.2) is 9.07 Å². The summed E-state index contributed by atoms with van der Waals surface area (Å²) >= 11 is 6.65. The molecule has 1 fully saturated rings. The van der Waals surface area contributed by atoms with Crippen LogP contribution in [0.1, 0.15) is 56.9 Å². The van der Waals surface area contributed by atoms with Crippen molar-refractivity contribution in [3.8, 4) is 6.07 Å². The number of nitrogens with one attached hydrogen (secondary N) is 2. The maximum atomic E-state index is 13.8. The Bertz CT molecular complexity index is 1530. The molecule has 1 atom stereocenters. The molecule has 0 radical (unpaired) electrons. The van der Waals surface area contributed by atoms with Crippen molar-refractivity contribution in [3.63, 3.8) is 0 Å². The summed E-state index contributed by atoms with van der Waals surface area (Å²) in [6.45, 7) is 4.16. The second-order valence-corrected chi connectivity index (χ2v) is 10.4. The number of hydrogen-bond donors (Lipinski definition) is 3. The lowest BCUT2D eigenvalue weighted by Crippen LogP contribution is -2.27. The van der Waals surface area contributed by atoms with E-state index < -0.39 is 17.3 Å². The lowest BCUT2D eigenvalue weighted by molar-refractivity contribution is 0.171. The van der Waals surface area contributed by atoms with E-state index >= 15 is 0 Å². The molecule has 4 aromatic rings. The molecule has 1 saturated carbocycles. The zero-order chi connectivity index (χ0) is 27.1. The third-order valence-electron chi connectivity index (χ3n) is 6.31. The molecule has 0 bridgehead atoms. The number of rotatable bonds is 9. The number of halogens is 2. The number of aliphatic hydroxyl groups is 1. The zero-order valence-electron chi connectivity index (χ0n) is 21.5. The summed E-state index contributed by atoms with van der Waals surface area (Å²) in [4.78, 5) is 4.38. The first-order chi connectivity index (χ1) is 18.1. The Morgan fingerprint density at radius 2 is 2.08 bits per heavy atom. The molecular weight excluding hydrogens is 493 g/mol. The fraction of sp³-hybridized carbons (Fsp3) is 0.333. The Balaban J connectivity index is 1.61. The highest BCUT2D eigenvalue weighted by atomic mass is 35.5. The van der Waals surface area contributed by atoms with Gasteiger partial charge in [0.2, 0.25) is 0 Å². The molecule has 37 heavy (non-hydrogen) atoms. The lowest BCUT2D eigenvalue weighted by Gasteiger charge is -2.24. The molecule has 2 aromatic heterocycles. The van der Waals surface area contributed by atoms with Gasteiger partial charge in [-0.3, -0.25) is 4.98 Å². The predicted octanol–water partition coefficient (Wildman–Crippen LogP) is 5.46. The molecule has 8 nitrogen and oxygen atoms in total. The van der Waals surface area contributed by atoms with Crippen molar-refractivity contribution in [2.24, 2.45) is 5.41 Å². The number of nitrogens with zero attached hydrogens (tertiary/aromatic N) is 5. The molecule has 10 heteroatoms. The summed E-state index contributed by atoms with van der Waals surface area (Å²) in [7, 11) is 0. The van der Waals surface area contributed by atoms with Gasteiger partial charge in [0.05, 0.1) is 41.4 Å². The minimum Gasteiger partial charge on any atom is -0.396 e. The Morgan fingerprint density at radius 3 is 2.76 bits per heavy atom. The number of pyridine rings is 1. The largest absolute Gasteiger partial charge is 0.396 e. The number of nitriles is 1. The standard InChI is InChI=1S/C27H27ClFN7O/c1-27(2,15-37)14-32-24-17(11-30)12-31-26-21(24)9-19(10-22(26)28)33-25(16-3-5-18(29)6-4-16)23-13-36(35-34-23)20-7-8-20/h3-6,9-10,12-13,20,25,33,37H,7-8,14-15H2,1-2H3,(H,31,32)/t25-/m1/s1/i25D. The van der Waals surface area contributed by atoms with E-state index in [9.17, 15) is 16.1 Å². The van der Waals surface area contributed by atoms with Gasteiger partial charge in [0.25, 0.3) is 0 Å². The number of fused-ring (bicyclic) bond motifs is 1. The maximum absolute atomic E-state index is 13.8. The molecular formula is C27H27ClFN7O. The Morgan fingerprint density at radius 1 is 1.32 bits per heavy atom. The van der Waals surface area contributed by atoms with Gasteiger partial charge in [0, 0.05) is 35.8 Å². The van der Waals surface area contributed by atoms with E-state index in [0.29, 0.717) is 50.7 Å². The van der Waals surface area contributed by atoms with Gasteiger partial charge in [-0.1, -0.05) is 42.8 Å². The van der Waals surface area contributed by atoms with Crippen LogP contribution in [-0.4, -0.2) is 38.2 Å². The van der Waals surface area contributed by atoms with Crippen LogP contribution < -0.4 is 10.6 Å². The number of hydrogen-bond acceptors (Lipinski definition) is 7. The van der Waals surface area contributed by atoms with Crippen LogP contribution in [-0.2, 0) is 0 Å². The van der Waals surface area contributed by atoms with E-state index in [-0.39, 0.29) is 12.6 Å². The van der Waals surface area contributed by atoms with Gasteiger partial charge in [0.1, 0.15) is 17.6 Å². The molecule has 0 amide bonds. The third-order valence-corrected chi connectivity index (χ3v) is 6.59. The van der Waals surface area contributed by atoms with Crippen molar-refractivity contribution in [1.29, 1.82) is 5.26 Å². The van der Waals surface area contributed by atoms with Crippen molar-refractivity contribution in [2.45, 2.75) is 38.7 Å². The highest BCUT2D eigenvalue weighted by Crippen LogP contribution is 2.37. The molecule has 2 aromatic carbocycles. The van der Waals surface area contributed by atoms with E-state index in [1.165, 1.54) is 30.5 Å². The Kier molecular flexibility index (Phi) is 6.37. The topological polar surface area (TPSA) is 112 Å². The minimum absolute atomic E-state index is 0.0426. The molecule has 1 aliphatic carbocycles. The van der Waals surface area contributed by atoms with Crippen LogP contribution in [0.4, 0.5) is 15.8 Å². The first-order valence-corrected chi connectivity index (χ1v) is 12.3. The average Bonchev–Trinajstić information content (AvgIpc) is 3.63. The van der Waals surface area contributed by atoms with Gasteiger partial charge < -0.3 is 15.7 Å². The van der Waals surface area contributed by atoms with E-state index in [1.807, 2.05) is 13.8 Å². The van der Waals surface area contributed by atoms with Crippen molar-refractivity contribution in [3.05, 3.63) is 76.5 Å². The van der Waals surface area contributed by atoms with Gasteiger partial charge in [0.15, 0.2) is 0 Å². The molecule has 0 aliphatic heterocycles. The van der Waals surface area contributed by atoms with Crippen LogP contribution in [0.15, 0.2) is 48.8 Å².